The SMILES string of the molecule is CNC1CC(c2cccc(C(F)(F)F)c2)C1(C)C. The summed E-state index contributed by atoms with van der Waals surface area (Å²) < 4.78 is 38.0. The van der Waals surface area contributed by atoms with Gasteiger partial charge in [-0.25, -0.2) is 0 Å². The van der Waals surface area contributed by atoms with Crippen LogP contribution in [0.25, 0.3) is 0 Å². The van der Waals surface area contributed by atoms with Crippen LogP contribution in [0.5, 0.6) is 0 Å². The van der Waals surface area contributed by atoms with Crippen molar-refractivity contribution in [2.75, 3.05) is 7.05 Å². The molecule has 0 radical (unpaired) electrons. The molecule has 2 rings (SSSR count). The zero-order valence-electron chi connectivity index (χ0n) is 10.8. The summed E-state index contributed by atoms with van der Waals surface area (Å²) in [4.78, 5) is 0. The molecule has 1 aromatic rings. The van der Waals surface area contributed by atoms with Gasteiger partial charge >= 0.3 is 6.18 Å². The molecule has 4 heteroatoms. The lowest BCUT2D eigenvalue weighted by atomic mass is 9.56. The number of rotatable bonds is 2. The first-order valence-electron chi connectivity index (χ1n) is 6.11. The van der Waals surface area contributed by atoms with E-state index in [4.69, 9.17) is 0 Å². The van der Waals surface area contributed by atoms with Crippen LogP contribution in [0.15, 0.2) is 24.3 Å². The quantitative estimate of drug-likeness (QED) is 0.849. The topological polar surface area (TPSA) is 12.0 Å². The number of benzene rings is 1. The first kappa shape index (κ1) is 13.4. The molecule has 2 unspecified atom stereocenters. The Morgan fingerprint density at radius 1 is 1.28 bits per heavy atom. The predicted octanol–water partition coefficient (Wildman–Crippen LogP) is 3.81. The molecule has 1 aliphatic rings. The van der Waals surface area contributed by atoms with E-state index in [1.54, 1.807) is 6.07 Å². The average Bonchev–Trinajstić information content (AvgIpc) is 2.27. The molecule has 0 heterocycles. The van der Waals surface area contributed by atoms with Crippen molar-refractivity contribution < 1.29 is 13.2 Å². The molecule has 0 spiro atoms. The fourth-order valence-electron chi connectivity index (χ4n) is 2.91. The molecule has 1 aliphatic carbocycles. The Kier molecular flexibility index (Phi) is 3.18. The van der Waals surface area contributed by atoms with E-state index in [1.165, 1.54) is 12.1 Å². The third-order valence-electron chi connectivity index (χ3n) is 4.23. The Bertz CT molecular complexity index is 437. The van der Waals surface area contributed by atoms with Gasteiger partial charge in [0.05, 0.1) is 5.56 Å². The molecule has 1 N–H and O–H groups in total. The molecule has 2 atom stereocenters. The molecule has 1 saturated carbocycles. The molecule has 100 valence electrons. The molecule has 1 aromatic carbocycles. The second-order valence-electron chi connectivity index (χ2n) is 5.57. The lowest BCUT2D eigenvalue weighted by Crippen LogP contribution is -2.54. The van der Waals surface area contributed by atoms with E-state index in [-0.39, 0.29) is 11.3 Å². The van der Waals surface area contributed by atoms with Gasteiger partial charge in [0.1, 0.15) is 0 Å². The summed E-state index contributed by atoms with van der Waals surface area (Å²) in [6.45, 7) is 4.20. The van der Waals surface area contributed by atoms with Gasteiger partial charge in [-0.3, -0.25) is 0 Å². The molecule has 0 saturated heterocycles. The number of hydrogen-bond donors (Lipinski definition) is 1. The Hall–Kier alpha value is -1.03. The summed E-state index contributed by atoms with van der Waals surface area (Å²) >= 11 is 0. The van der Waals surface area contributed by atoms with E-state index in [0.29, 0.717) is 6.04 Å². The van der Waals surface area contributed by atoms with E-state index < -0.39 is 11.7 Å². The van der Waals surface area contributed by atoms with Gasteiger partial charge < -0.3 is 5.32 Å². The van der Waals surface area contributed by atoms with Gasteiger partial charge in [-0.2, -0.15) is 13.2 Å². The van der Waals surface area contributed by atoms with Gasteiger partial charge in [0, 0.05) is 6.04 Å². The van der Waals surface area contributed by atoms with Crippen molar-refractivity contribution in [1.29, 1.82) is 0 Å². The van der Waals surface area contributed by atoms with Crippen LogP contribution in [0.1, 0.15) is 37.3 Å². The first-order valence-corrected chi connectivity index (χ1v) is 6.11. The maximum atomic E-state index is 12.7. The lowest BCUT2D eigenvalue weighted by Gasteiger charge is -2.52. The predicted molar refractivity (Wildman–Crippen MR) is 65.4 cm³/mol. The minimum atomic E-state index is -4.26. The standard InChI is InChI=1S/C14H18F3N/c1-13(2)11(8-12(13)18-3)9-5-4-6-10(7-9)14(15,16)17/h4-7,11-12,18H,8H2,1-3H3. The van der Waals surface area contributed by atoms with Crippen LogP contribution in [0.2, 0.25) is 0 Å². The first-order chi connectivity index (χ1) is 8.26. The Morgan fingerprint density at radius 2 is 1.94 bits per heavy atom. The normalized spacial score (nSPS) is 26.8. The van der Waals surface area contributed by atoms with Crippen molar-refractivity contribution in [3.05, 3.63) is 35.4 Å². The number of halogens is 3. The molecule has 0 aliphatic heterocycles. The van der Waals surface area contributed by atoms with Gasteiger partial charge in [-0.15, -0.1) is 0 Å². The summed E-state index contributed by atoms with van der Waals surface area (Å²) in [6, 6.07) is 6.09. The Balaban J connectivity index is 2.26. The highest BCUT2D eigenvalue weighted by molar-refractivity contribution is 5.32. The van der Waals surface area contributed by atoms with Crippen molar-refractivity contribution >= 4 is 0 Å². The van der Waals surface area contributed by atoms with Gasteiger partial charge in [0.25, 0.3) is 0 Å². The largest absolute Gasteiger partial charge is 0.416 e. The van der Waals surface area contributed by atoms with E-state index in [0.717, 1.165) is 18.1 Å². The molecular formula is C14H18F3N. The van der Waals surface area contributed by atoms with Crippen molar-refractivity contribution in [3.63, 3.8) is 0 Å². The Morgan fingerprint density at radius 3 is 2.44 bits per heavy atom. The molecule has 1 nitrogen and oxygen atoms in total. The number of alkyl halides is 3. The summed E-state index contributed by atoms with van der Waals surface area (Å²) in [7, 11) is 1.90. The summed E-state index contributed by atoms with van der Waals surface area (Å²) in [5.41, 5.74) is 0.240. The molecule has 0 bridgehead atoms. The van der Waals surface area contributed by atoms with E-state index >= 15 is 0 Å². The van der Waals surface area contributed by atoms with Crippen molar-refractivity contribution in [2.24, 2.45) is 5.41 Å². The zero-order chi connectivity index (χ0) is 13.6. The van der Waals surface area contributed by atoms with Crippen LogP contribution in [0.4, 0.5) is 13.2 Å². The van der Waals surface area contributed by atoms with Gasteiger partial charge in [0.2, 0.25) is 0 Å². The minimum absolute atomic E-state index is 0.00102. The number of hydrogen-bond acceptors (Lipinski definition) is 1. The zero-order valence-corrected chi connectivity index (χ0v) is 10.8. The third-order valence-corrected chi connectivity index (χ3v) is 4.23. The highest BCUT2D eigenvalue weighted by Crippen LogP contribution is 2.52. The average molecular weight is 257 g/mol. The molecular weight excluding hydrogens is 239 g/mol. The lowest BCUT2D eigenvalue weighted by molar-refractivity contribution is -0.137. The Labute approximate surface area is 105 Å². The molecule has 1 fully saturated rings. The van der Waals surface area contributed by atoms with E-state index in [2.05, 4.69) is 19.2 Å². The second kappa shape index (κ2) is 4.26. The van der Waals surface area contributed by atoms with Gasteiger partial charge in [-0.1, -0.05) is 32.0 Å². The highest BCUT2D eigenvalue weighted by Gasteiger charge is 2.48. The van der Waals surface area contributed by atoms with Crippen molar-refractivity contribution in [2.45, 2.75) is 38.4 Å². The summed E-state index contributed by atoms with van der Waals surface area (Å²) in [5.74, 6) is 0.192. The van der Waals surface area contributed by atoms with Gasteiger partial charge in [-0.05, 0) is 36.4 Å². The molecule has 0 aromatic heterocycles. The summed E-state index contributed by atoms with van der Waals surface area (Å²) in [6.07, 6.45) is -3.36. The molecule has 0 amide bonds. The monoisotopic (exact) mass is 257 g/mol. The molecule has 18 heavy (non-hydrogen) atoms. The fourth-order valence-corrected chi connectivity index (χ4v) is 2.91. The van der Waals surface area contributed by atoms with E-state index in [9.17, 15) is 13.2 Å². The maximum Gasteiger partial charge on any atom is 0.416 e. The smallest absolute Gasteiger partial charge is 0.316 e. The van der Waals surface area contributed by atoms with Crippen LogP contribution in [0, 0.1) is 5.41 Å². The second-order valence-corrected chi connectivity index (χ2v) is 5.57. The minimum Gasteiger partial charge on any atom is -0.316 e. The van der Waals surface area contributed by atoms with E-state index in [1.807, 2.05) is 7.05 Å². The number of nitrogens with one attached hydrogen (secondary N) is 1. The fraction of sp³-hybridized carbons (Fsp3) is 0.571. The van der Waals surface area contributed by atoms with Gasteiger partial charge in [0.15, 0.2) is 0 Å². The highest BCUT2D eigenvalue weighted by atomic mass is 19.4. The van der Waals surface area contributed by atoms with Crippen LogP contribution in [-0.4, -0.2) is 13.1 Å². The van der Waals surface area contributed by atoms with Crippen LogP contribution in [-0.2, 0) is 6.18 Å². The van der Waals surface area contributed by atoms with Crippen LogP contribution in [0.3, 0.4) is 0 Å². The van der Waals surface area contributed by atoms with Crippen molar-refractivity contribution in [3.8, 4) is 0 Å². The maximum absolute atomic E-state index is 12.7. The summed E-state index contributed by atoms with van der Waals surface area (Å²) in [5, 5.41) is 3.21. The van der Waals surface area contributed by atoms with Crippen molar-refractivity contribution in [1.82, 2.24) is 5.32 Å². The van der Waals surface area contributed by atoms with Crippen LogP contribution < -0.4 is 5.32 Å². The third kappa shape index (κ3) is 2.14. The van der Waals surface area contributed by atoms with Crippen LogP contribution >= 0.6 is 0 Å².